The van der Waals surface area contributed by atoms with Gasteiger partial charge in [0, 0.05) is 33.9 Å². The number of nitrogens with one attached hydrogen (secondary N) is 1. The van der Waals surface area contributed by atoms with Crippen molar-refractivity contribution in [3.63, 3.8) is 0 Å². The van der Waals surface area contributed by atoms with E-state index in [1.165, 1.54) is 12.1 Å². The Morgan fingerprint density at radius 1 is 1.00 bits per heavy atom. The third kappa shape index (κ3) is 4.44. The molecule has 0 aliphatic carbocycles. The van der Waals surface area contributed by atoms with Crippen molar-refractivity contribution in [3.05, 3.63) is 105 Å². The number of hydrogen-bond donors (Lipinski definition) is 1. The topological polar surface area (TPSA) is 85.3 Å². The molecule has 30 heavy (non-hydrogen) atoms. The van der Waals surface area contributed by atoms with Gasteiger partial charge in [-0.05, 0) is 36.4 Å². The van der Waals surface area contributed by atoms with E-state index in [1.54, 1.807) is 23.0 Å². The number of hydrazone groups is 1. The molecule has 0 radical (unpaired) electrons. The Kier molecular flexibility index (Phi) is 5.67. The van der Waals surface area contributed by atoms with Crippen LogP contribution < -0.4 is 5.43 Å². The number of benzene rings is 3. The summed E-state index contributed by atoms with van der Waals surface area (Å²) in [5, 5.41) is 19.9. The quantitative estimate of drug-likeness (QED) is 0.228. The first kappa shape index (κ1) is 19.5. The van der Waals surface area contributed by atoms with E-state index in [2.05, 4.69) is 31.6 Å². The third-order valence-electron chi connectivity index (χ3n) is 4.36. The molecule has 0 saturated carbocycles. The summed E-state index contributed by atoms with van der Waals surface area (Å²) in [4.78, 5) is 10.5. The van der Waals surface area contributed by atoms with Gasteiger partial charge < -0.3 is 0 Å². The minimum absolute atomic E-state index is 0.0367. The van der Waals surface area contributed by atoms with Gasteiger partial charge in [-0.25, -0.2) is 4.68 Å². The zero-order chi connectivity index (χ0) is 20.9. The molecule has 0 saturated heterocycles. The molecule has 0 amide bonds. The van der Waals surface area contributed by atoms with Gasteiger partial charge in [-0.3, -0.25) is 15.5 Å². The van der Waals surface area contributed by atoms with Gasteiger partial charge in [-0.15, -0.1) is 0 Å². The van der Waals surface area contributed by atoms with Crippen LogP contribution in [0.3, 0.4) is 0 Å². The molecule has 8 heteroatoms. The Labute approximate surface area is 181 Å². The molecule has 4 aromatic rings. The van der Waals surface area contributed by atoms with E-state index in [-0.39, 0.29) is 5.69 Å². The number of hydrogen-bond acceptors (Lipinski definition) is 5. The van der Waals surface area contributed by atoms with Crippen LogP contribution in [0.15, 0.2) is 94.6 Å². The number of nitro benzene ring substituents is 1. The molecule has 3 aromatic carbocycles. The van der Waals surface area contributed by atoms with E-state index >= 15 is 0 Å². The van der Waals surface area contributed by atoms with Gasteiger partial charge in [0.25, 0.3) is 5.69 Å². The van der Waals surface area contributed by atoms with Gasteiger partial charge >= 0.3 is 0 Å². The average Bonchev–Trinajstić information content (AvgIpc) is 3.20. The van der Waals surface area contributed by atoms with Crippen molar-refractivity contribution < 1.29 is 4.92 Å². The maximum atomic E-state index is 10.9. The van der Waals surface area contributed by atoms with Crippen LogP contribution in [0.1, 0.15) is 5.56 Å². The first-order valence-electron chi connectivity index (χ1n) is 9.05. The molecular formula is C22H16BrN5O2. The second-order valence-electron chi connectivity index (χ2n) is 6.39. The first-order chi connectivity index (χ1) is 14.6. The molecule has 0 unspecified atom stereocenters. The maximum absolute atomic E-state index is 10.9. The molecule has 1 heterocycles. The number of aromatic nitrogens is 2. The summed E-state index contributed by atoms with van der Waals surface area (Å²) in [5.41, 5.74) is 7.14. The lowest BCUT2D eigenvalue weighted by Crippen LogP contribution is -1.95. The van der Waals surface area contributed by atoms with E-state index in [9.17, 15) is 10.1 Å². The zero-order valence-electron chi connectivity index (χ0n) is 15.6. The lowest BCUT2D eigenvalue weighted by Gasteiger charge is -2.01. The van der Waals surface area contributed by atoms with Crippen LogP contribution in [0.25, 0.3) is 16.9 Å². The van der Waals surface area contributed by atoms with Gasteiger partial charge in [0.15, 0.2) is 0 Å². The maximum Gasteiger partial charge on any atom is 0.269 e. The molecule has 1 aromatic heterocycles. The van der Waals surface area contributed by atoms with E-state index < -0.39 is 4.92 Å². The van der Waals surface area contributed by atoms with Crippen LogP contribution in [-0.2, 0) is 0 Å². The highest BCUT2D eigenvalue weighted by atomic mass is 79.9. The highest BCUT2D eigenvalue weighted by Crippen LogP contribution is 2.23. The second-order valence-corrected chi connectivity index (χ2v) is 7.31. The largest absolute Gasteiger partial charge is 0.279 e. The van der Waals surface area contributed by atoms with Gasteiger partial charge in [0.2, 0.25) is 0 Å². The summed E-state index contributed by atoms with van der Waals surface area (Å²) in [7, 11) is 0. The van der Waals surface area contributed by atoms with Crippen LogP contribution in [-0.4, -0.2) is 20.9 Å². The predicted octanol–water partition coefficient (Wildman–Crippen LogP) is 5.66. The monoisotopic (exact) mass is 461 g/mol. The molecule has 1 N–H and O–H groups in total. The van der Waals surface area contributed by atoms with Crippen molar-refractivity contribution in [2.24, 2.45) is 5.10 Å². The van der Waals surface area contributed by atoms with E-state index in [1.807, 2.05) is 60.8 Å². The first-order valence-corrected chi connectivity index (χ1v) is 9.84. The number of anilines is 1. The minimum atomic E-state index is -0.422. The van der Waals surface area contributed by atoms with E-state index in [0.29, 0.717) is 0 Å². The standard InChI is InChI=1S/C22H16BrN5O2/c23-18-6-8-19(9-7-18)25-24-14-17-15-27(20-10-12-21(13-11-20)28(29)30)26-22(17)16-4-2-1-3-5-16/h1-15,25H/b24-14-. The highest BCUT2D eigenvalue weighted by molar-refractivity contribution is 9.10. The van der Waals surface area contributed by atoms with Crippen molar-refractivity contribution >= 4 is 33.5 Å². The van der Waals surface area contributed by atoms with Crippen LogP contribution >= 0.6 is 15.9 Å². The number of halogens is 1. The fraction of sp³-hybridized carbons (Fsp3) is 0. The summed E-state index contributed by atoms with van der Waals surface area (Å²) in [6, 6.07) is 23.7. The Bertz CT molecular complexity index is 1190. The molecule has 0 spiro atoms. The lowest BCUT2D eigenvalue weighted by molar-refractivity contribution is -0.384. The molecular weight excluding hydrogens is 446 g/mol. The van der Waals surface area contributed by atoms with Gasteiger partial charge in [0.1, 0.15) is 5.69 Å². The smallest absolute Gasteiger partial charge is 0.269 e. The fourth-order valence-corrected chi connectivity index (χ4v) is 3.13. The fourth-order valence-electron chi connectivity index (χ4n) is 2.86. The molecule has 148 valence electrons. The van der Waals surface area contributed by atoms with Crippen molar-refractivity contribution in [2.45, 2.75) is 0 Å². The average molecular weight is 462 g/mol. The Balaban J connectivity index is 1.66. The normalized spacial score (nSPS) is 11.0. The third-order valence-corrected chi connectivity index (χ3v) is 4.89. The van der Waals surface area contributed by atoms with Gasteiger partial charge in [-0.1, -0.05) is 46.3 Å². The van der Waals surface area contributed by atoms with Crippen molar-refractivity contribution in [1.29, 1.82) is 0 Å². The molecule has 4 rings (SSSR count). The summed E-state index contributed by atoms with van der Waals surface area (Å²) >= 11 is 3.41. The van der Waals surface area contributed by atoms with Crippen molar-refractivity contribution in [3.8, 4) is 16.9 Å². The second kappa shape index (κ2) is 8.71. The number of nitrogens with zero attached hydrogens (tertiary/aromatic N) is 4. The molecule has 0 bridgehead atoms. The Hall–Kier alpha value is -3.78. The van der Waals surface area contributed by atoms with E-state index in [4.69, 9.17) is 0 Å². The van der Waals surface area contributed by atoms with Crippen LogP contribution in [0.5, 0.6) is 0 Å². The van der Waals surface area contributed by atoms with Crippen LogP contribution in [0.4, 0.5) is 11.4 Å². The Morgan fingerprint density at radius 3 is 2.37 bits per heavy atom. The lowest BCUT2D eigenvalue weighted by atomic mass is 10.1. The van der Waals surface area contributed by atoms with Crippen molar-refractivity contribution in [1.82, 2.24) is 9.78 Å². The Morgan fingerprint density at radius 2 is 1.70 bits per heavy atom. The van der Waals surface area contributed by atoms with E-state index in [0.717, 1.165) is 32.7 Å². The minimum Gasteiger partial charge on any atom is -0.279 e. The molecule has 0 fully saturated rings. The summed E-state index contributed by atoms with van der Waals surface area (Å²) in [6.45, 7) is 0. The summed E-state index contributed by atoms with van der Waals surface area (Å²) < 4.78 is 2.68. The summed E-state index contributed by atoms with van der Waals surface area (Å²) in [6.07, 6.45) is 3.55. The number of non-ortho nitro benzene ring substituents is 1. The summed E-state index contributed by atoms with van der Waals surface area (Å²) in [5.74, 6) is 0. The molecule has 0 atom stereocenters. The zero-order valence-corrected chi connectivity index (χ0v) is 17.2. The van der Waals surface area contributed by atoms with Crippen LogP contribution in [0.2, 0.25) is 0 Å². The van der Waals surface area contributed by atoms with Gasteiger partial charge in [0.05, 0.1) is 22.5 Å². The number of nitro groups is 1. The van der Waals surface area contributed by atoms with Crippen molar-refractivity contribution in [2.75, 3.05) is 5.43 Å². The molecule has 0 aliphatic rings. The SMILES string of the molecule is O=[N+]([O-])c1ccc(-n2cc(/C=N\Nc3ccc(Br)cc3)c(-c3ccccc3)n2)cc1. The van der Waals surface area contributed by atoms with Crippen LogP contribution in [0, 0.1) is 10.1 Å². The predicted molar refractivity (Wildman–Crippen MR) is 121 cm³/mol. The number of rotatable bonds is 6. The molecule has 0 aliphatic heterocycles. The van der Waals surface area contributed by atoms with Gasteiger partial charge in [-0.2, -0.15) is 10.2 Å². The highest BCUT2D eigenvalue weighted by Gasteiger charge is 2.12. The molecule has 7 nitrogen and oxygen atoms in total.